The van der Waals surface area contributed by atoms with Gasteiger partial charge in [-0.05, 0) is 18.5 Å². The molecule has 76 valence electrons. The van der Waals surface area contributed by atoms with Crippen molar-refractivity contribution in [2.75, 3.05) is 0 Å². The van der Waals surface area contributed by atoms with Gasteiger partial charge in [-0.2, -0.15) is 0 Å². The monoisotopic (exact) mass is 213 g/mol. The van der Waals surface area contributed by atoms with E-state index in [0.717, 1.165) is 10.6 Å². The zero-order valence-corrected chi connectivity index (χ0v) is 9.04. The van der Waals surface area contributed by atoms with Gasteiger partial charge in [-0.3, -0.25) is 10.1 Å². The van der Waals surface area contributed by atoms with Crippen LogP contribution >= 0.6 is 11.5 Å². The molecule has 1 aromatic heterocycles. The van der Waals surface area contributed by atoms with E-state index in [1.807, 2.05) is 0 Å². The van der Waals surface area contributed by atoms with Gasteiger partial charge >= 0.3 is 0 Å². The lowest BCUT2D eigenvalue weighted by Crippen LogP contribution is -2.05. The summed E-state index contributed by atoms with van der Waals surface area (Å²) in [6, 6.07) is 0. The molecule has 0 spiro atoms. The van der Waals surface area contributed by atoms with Crippen LogP contribution in [0.25, 0.3) is 6.08 Å². The topological polar surface area (TPSA) is 68.9 Å². The Hall–Kier alpha value is -1.30. The van der Waals surface area contributed by atoms with Crippen molar-refractivity contribution >= 4 is 17.6 Å². The first kappa shape index (κ1) is 10.8. The van der Waals surface area contributed by atoms with Crippen molar-refractivity contribution in [3.05, 3.63) is 26.4 Å². The molecule has 0 saturated carbocycles. The predicted octanol–water partition coefficient (Wildman–Crippen LogP) is 2.12. The van der Waals surface area contributed by atoms with Gasteiger partial charge in [0.25, 0.3) is 0 Å². The second-order valence-electron chi connectivity index (χ2n) is 3.20. The van der Waals surface area contributed by atoms with Crippen LogP contribution in [-0.4, -0.2) is 14.5 Å². The summed E-state index contributed by atoms with van der Waals surface area (Å²) in [6.07, 6.45) is 1.55. The smallest absolute Gasteiger partial charge is 0.250 e. The number of nitro groups is 1. The number of allylic oxidation sites excluding steroid dienone is 1. The van der Waals surface area contributed by atoms with Gasteiger partial charge in [0, 0.05) is 12.0 Å². The molecule has 0 fully saturated rings. The summed E-state index contributed by atoms with van der Waals surface area (Å²) in [4.78, 5) is 11.1. The van der Waals surface area contributed by atoms with E-state index in [-0.39, 0.29) is 16.5 Å². The lowest BCUT2D eigenvalue weighted by atomic mass is 10.1. The maximum atomic E-state index is 10.7. The van der Waals surface area contributed by atoms with Crippen molar-refractivity contribution in [3.63, 3.8) is 0 Å². The Morgan fingerprint density at radius 3 is 2.64 bits per heavy atom. The largest absolute Gasteiger partial charge is 0.259 e. The first-order chi connectivity index (χ1) is 6.52. The second-order valence-corrected chi connectivity index (χ2v) is 3.99. The van der Waals surface area contributed by atoms with Crippen LogP contribution in [0.5, 0.6) is 0 Å². The highest BCUT2D eigenvalue weighted by Gasteiger charge is 2.16. The maximum absolute atomic E-state index is 10.7. The van der Waals surface area contributed by atoms with Crippen LogP contribution in [0.4, 0.5) is 0 Å². The molecule has 1 aromatic rings. The molecular weight excluding hydrogens is 202 g/mol. The van der Waals surface area contributed by atoms with E-state index in [1.54, 1.807) is 26.8 Å². The van der Waals surface area contributed by atoms with E-state index in [1.165, 1.54) is 11.5 Å². The molecule has 0 aromatic carbocycles. The quantitative estimate of drug-likeness (QED) is 0.569. The zero-order valence-electron chi connectivity index (χ0n) is 8.22. The highest BCUT2D eigenvalue weighted by atomic mass is 32.1. The summed E-state index contributed by atoms with van der Waals surface area (Å²) < 4.78 is 3.72. The molecule has 0 N–H and O–H groups in total. The lowest BCUT2D eigenvalue weighted by Gasteiger charge is -2.00. The minimum atomic E-state index is -0.357. The van der Waals surface area contributed by atoms with Crippen LogP contribution in [0, 0.1) is 23.0 Å². The van der Waals surface area contributed by atoms with E-state index in [2.05, 4.69) is 9.59 Å². The second kappa shape index (κ2) is 4.28. The lowest BCUT2D eigenvalue weighted by molar-refractivity contribution is -0.431. The van der Waals surface area contributed by atoms with Gasteiger partial charge in [0.05, 0.1) is 15.5 Å². The number of hydrogen-bond acceptors (Lipinski definition) is 5. The third kappa shape index (κ3) is 2.35. The van der Waals surface area contributed by atoms with E-state index in [9.17, 15) is 10.1 Å². The predicted molar refractivity (Wildman–Crippen MR) is 54.5 cm³/mol. The van der Waals surface area contributed by atoms with Gasteiger partial charge < -0.3 is 0 Å². The van der Waals surface area contributed by atoms with Gasteiger partial charge in [-0.1, -0.05) is 18.3 Å². The first-order valence-electron chi connectivity index (χ1n) is 4.17. The van der Waals surface area contributed by atoms with E-state index in [4.69, 9.17) is 0 Å². The number of rotatable bonds is 3. The van der Waals surface area contributed by atoms with Crippen molar-refractivity contribution in [1.82, 2.24) is 9.59 Å². The Kier molecular flexibility index (Phi) is 3.29. The molecule has 1 rings (SSSR count). The summed E-state index contributed by atoms with van der Waals surface area (Å²) in [5.41, 5.74) is 0.925. The Labute approximate surface area is 85.8 Å². The third-order valence-corrected chi connectivity index (χ3v) is 2.54. The molecular formula is C8H11N3O2S. The summed E-state index contributed by atoms with van der Waals surface area (Å²) in [7, 11) is 0. The molecule has 0 aliphatic carbocycles. The van der Waals surface area contributed by atoms with Gasteiger partial charge in [0.15, 0.2) is 0 Å². The van der Waals surface area contributed by atoms with E-state index in [0.29, 0.717) is 0 Å². The molecule has 5 nitrogen and oxygen atoms in total. The molecule has 6 heteroatoms. The average molecular weight is 213 g/mol. The number of aromatic nitrogens is 2. The van der Waals surface area contributed by atoms with Gasteiger partial charge in [-0.25, -0.2) is 0 Å². The van der Waals surface area contributed by atoms with Crippen LogP contribution in [0.1, 0.15) is 24.4 Å². The number of aryl methyl sites for hydroxylation is 1. The Morgan fingerprint density at radius 2 is 2.29 bits per heavy atom. The fourth-order valence-corrected chi connectivity index (χ4v) is 1.53. The summed E-state index contributed by atoms with van der Waals surface area (Å²) in [6.45, 7) is 5.37. The molecule has 0 radical (unpaired) electrons. The normalized spacial score (nSPS) is 12.1. The third-order valence-electron chi connectivity index (χ3n) is 1.77. The van der Waals surface area contributed by atoms with Crippen LogP contribution in [-0.2, 0) is 0 Å². The van der Waals surface area contributed by atoms with Gasteiger partial charge in [0.1, 0.15) is 0 Å². The highest BCUT2D eigenvalue weighted by Crippen LogP contribution is 2.18. The Balaban J connectivity index is 3.06. The summed E-state index contributed by atoms with van der Waals surface area (Å²) in [5, 5.41) is 14.5. The zero-order chi connectivity index (χ0) is 10.7. The Morgan fingerprint density at radius 1 is 1.64 bits per heavy atom. The molecule has 0 atom stereocenters. The van der Waals surface area contributed by atoms with Gasteiger partial charge in [-0.15, -0.1) is 5.10 Å². The number of hydrogen-bond donors (Lipinski definition) is 0. The summed E-state index contributed by atoms with van der Waals surface area (Å²) in [5.74, 6) is -0.105. The minimum absolute atomic E-state index is 0.105. The molecule has 0 saturated heterocycles. The molecule has 14 heavy (non-hydrogen) atoms. The standard InChI is InChI=1S/C8H11N3O2S/c1-5(2)7(11(12)13)4-8-6(3)9-10-14-8/h4-5H,1-3H3/b7-4-. The van der Waals surface area contributed by atoms with Crippen LogP contribution < -0.4 is 0 Å². The van der Waals surface area contributed by atoms with Crippen LogP contribution in [0.15, 0.2) is 5.70 Å². The Bertz CT molecular complexity index is 370. The molecule has 1 heterocycles. The molecule has 0 amide bonds. The fraction of sp³-hybridized carbons (Fsp3) is 0.500. The minimum Gasteiger partial charge on any atom is -0.259 e. The van der Waals surface area contributed by atoms with Crippen molar-refractivity contribution in [3.8, 4) is 0 Å². The first-order valence-corrected chi connectivity index (χ1v) is 4.94. The molecule has 0 aliphatic rings. The van der Waals surface area contributed by atoms with Crippen molar-refractivity contribution < 1.29 is 4.92 Å². The molecule has 0 bridgehead atoms. The van der Waals surface area contributed by atoms with Gasteiger partial charge in [0.2, 0.25) is 5.70 Å². The average Bonchev–Trinajstić information content (AvgIpc) is 2.46. The van der Waals surface area contributed by atoms with Crippen LogP contribution in [0.2, 0.25) is 0 Å². The molecule has 0 aliphatic heterocycles. The highest BCUT2D eigenvalue weighted by molar-refractivity contribution is 7.06. The van der Waals surface area contributed by atoms with E-state index < -0.39 is 0 Å². The van der Waals surface area contributed by atoms with E-state index >= 15 is 0 Å². The van der Waals surface area contributed by atoms with Crippen molar-refractivity contribution in [2.24, 2.45) is 5.92 Å². The van der Waals surface area contributed by atoms with Crippen molar-refractivity contribution in [2.45, 2.75) is 20.8 Å². The van der Waals surface area contributed by atoms with Crippen molar-refractivity contribution in [1.29, 1.82) is 0 Å². The number of nitrogens with zero attached hydrogens (tertiary/aromatic N) is 3. The molecule has 0 unspecified atom stereocenters. The maximum Gasteiger partial charge on any atom is 0.250 e. The van der Waals surface area contributed by atoms with Crippen LogP contribution in [0.3, 0.4) is 0 Å². The summed E-state index contributed by atoms with van der Waals surface area (Å²) >= 11 is 1.17. The fourth-order valence-electron chi connectivity index (χ4n) is 0.936. The SMILES string of the molecule is Cc1nnsc1/C=C(/C(C)C)[N+](=O)[O-].